The summed E-state index contributed by atoms with van der Waals surface area (Å²) in [7, 11) is 0. The lowest BCUT2D eigenvalue weighted by atomic mass is 9.73. The zero-order chi connectivity index (χ0) is 19.1. The first-order valence-electron chi connectivity index (χ1n) is 9.80. The molecule has 0 aliphatic carbocycles. The first kappa shape index (κ1) is 16.8. The molecular weight excluding hydrogens is 338 g/mol. The molecule has 136 valence electrons. The van der Waals surface area contributed by atoms with E-state index in [1.807, 2.05) is 0 Å². The number of rotatable bonds is 2. The van der Waals surface area contributed by atoms with E-state index in [2.05, 4.69) is 116 Å². The minimum Gasteiger partial charge on any atom is -0.355 e. The molecule has 0 unspecified atom stereocenters. The molecule has 0 saturated carbocycles. The summed E-state index contributed by atoms with van der Waals surface area (Å²) in [5.41, 5.74) is 10.0. The molecule has 1 heterocycles. The van der Waals surface area contributed by atoms with Crippen LogP contribution in [0.5, 0.6) is 0 Å². The van der Waals surface area contributed by atoms with Crippen molar-refractivity contribution in [3.63, 3.8) is 0 Å². The maximum absolute atomic E-state index is 3.65. The Kier molecular flexibility index (Phi) is 3.84. The third kappa shape index (κ3) is 2.71. The Morgan fingerprint density at radius 2 is 0.929 bits per heavy atom. The third-order valence-corrected chi connectivity index (χ3v) is 5.87. The lowest BCUT2D eigenvalue weighted by Crippen LogP contribution is -2.26. The Morgan fingerprint density at radius 3 is 1.36 bits per heavy atom. The summed E-state index contributed by atoms with van der Waals surface area (Å²) < 4.78 is 0. The standard InChI is InChI=1S/C27H23N/c1-27(2)23-17-21(19-9-5-3-6-10-19)13-15-25(23)28-26-16-14-22(18-24(26)27)20-11-7-4-8-12-20/h3-18,28H,1-2H3. The molecule has 5 rings (SSSR count). The molecule has 0 amide bonds. The summed E-state index contributed by atoms with van der Waals surface area (Å²) in [5, 5.41) is 3.65. The van der Waals surface area contributed by atoms with Crippen molar-refractivity contribution in [2.75, 3.05) is 5.32 Å². The Bertz CT molecular complexity index is 1050. The van der Waals surface area contributed by atoms with Gasteiger partial charge in [0.05, 0.1) is 0 Å². The van der Waals surface area contributed by atoms with Crippen LogP contribution >= 0.6 is 0 Å². The van der Waals surface area contributed by atoms with E-state index in [4.69, 9.17) is 0 Å². The molecule has 0 saturated heterocycles. The van der Waals surface area contributed by atoms with Crippen LogP contribution in [0.2, 0.25) is 0 Å². The molecule has 1 aliphatic heterocycles. The Balaban J connectivity index is 1.63. The highest BCUT2D eigenvalue weighted by Crippen LogP contribution is 2.47. The van der Waals surface area contributed by atoms with E-state index in [0.717, 1.165) is 0 Å². The van der Waals surface area contributed by atoms with Crippen LogP contribution in [0.15, 0.2) is 97.1 Å². The average Bonchev–Trinajstić information content (AvgIpc) is 2.75. The Morgan fingerprint density at radius 1 is 0.500 bits per heavy atom. The van der Waals surface area contributed by atoms with E-state index in [9.17, 15) is 0 Å². The highest BCUT2D eigenvalue weighted by atomic mass is 14.9. The molecule has 0 radical (unpaired) electrons. The largest absolute Gasteiger partial charge is 0.355 e. The van der Waals surface area contributed by atoms with Gasteiger partial charge in [-0.15, -0.1) is 0 Å². The molecule has 0 bridgehead atoms. The van der Waals surface area contributed by atoms with Crippen molar-refractivity contribution in [2.45, 2.75) is 19.3 Å². The summed E-state index contributed by atoms with van der Waals surface area (Å²) in [4.78, 5) is 0. The maximum Gasteiger partial charge on any atom is 0.0426 e. The predicted octanol–water partition coefficient (Wildman–Crippen LogP) is 7.40. The summed E-state index contributed by atoms with van der Waals surface area (Å²) in [6.45, 7) is 4.66. The average molecular weight is 361 g/mol. The van der Waals surface area contributed by atoms with E-state index in [1.54, 1.807) is 0 Å². The van der Waals surface area contributed by atoms with Gasteiger partial charge < -0.3 is 5.32 Å². The minimum absolute atomic E-state index is 0.0779. The van der Waals surface area contributed by atoms with Gasteiger partial charge in [-0.25, -0.2) is 0 Å². The van der Waals surface area contributed by atoms with Crippen molar-refractivity contribution in [1.82, 2.24) is 0 Å². The summed E-state index contributed by atoms with van der Waals surface area (Å²) in [6, 6.07) is 34.7. The van der Waals surface area contributed by atoms with E-state index in [1.165, 1.54) is 44.8 Å². The normalized spacial score (nSPS) is 13.9. The second-order valence-electron chi connectivity index (χ2n) is 8.00. The van der Waals surface area contributed by atoms with Crippen molar-refractivity contribution in [3.05, 3.63) is 108 Å². The van der Waals surface area contributed by atoms with Gasteiger partial charge in [-0.05, 0) is 57.6 Å². The quantitative estimate of drug-likeness (QED) is 0.392. The number of nitrogens with one attached hydrogen (secondary N) is 1. The van der Waals surface area contributed by atoms with Crippen LogP contribution in [-0.2, 0) is 5.41 Å². The molecule has 28 heavy (non-hydrogen) atoms. The van der Waals surface area contributed by atoms with Crippen molar-refractivity contribution >= 4 is 11.4 Å². The second-order valence-corrected chi connectivity index (χ2v) is 8.00. The number of anilines is 2. The molecule has 1 aliphatic rings. The Labute approximate surface area is 166 Å². The first-order valence-corrected chi connectivity index (χ1v) is 9.80. The van der Waals surface area contributed by atoms with Crippen LogP contribution in [-0.4, -0.2) is 0 Å². The highest BCUT2D eigenvalue weighted by Gasteiger charge is 2.33. The lowest BCUT2D eigenvalue weighted by Gasteiger charge is -2.36. The van der Waals surface area contributed by atoms with Gasteiger partial charge in [-0.3, -0.25) is 0 Å². The van der Waals surface area contributed by atoms with Crippen molar-refractivity contribution < 1.29 is 0 Å². The zero-order valence-electron chi connectivity index (χ0n) is 16.2. The smallest absolute Gasteiger partial charge is 0.0426 e. The fraction of sp³-hybridized carbons (Fsp3) is 0.111. The van der Waals surface area contributed by atoms with Crippen LogP contribution < -0.4 is 5.32 Å². The third-order valence-electron chi connectivity index (χ3n) is 5.87. The van der Waals surface area contributed by atoms with Gasteiger partial charge in [0.2, 0.25) is 0 Å². The van der Waals surface area contributed by atoms with Crippen LogP contribution in [0.1, 0.15) is 25.0 Å². The van der Waals surface area contributed by atoms with Crippen molar-refractivity contribution in [2.24, 2.45) is 0 Å². The van der Waals surface area contributed by atoms with E-state index < -0.39 is 0 Å². The molecule has 0 aromatic heterocycles. The fourth-order valence-electron chi connectivity index (χ4n) is 4.25. The predicted molar refractivity (Wildman–Crippen MR) is 119 cm³/mol. The molecule has 4 aromatic carbocycles. The first-order chi connectivity index (χ1) is 13.6. The van der Waals surface area contributed by atoms with Crippen LogP contribution in [0, 0.1) is 0 Å². The number of hydrogen-bond acceptors (Lipinski definition) is 1. The molecule has 0 fully saturated rings. The zero-order valence-corrected chi connectivity index (χ0v) is 16.2. The lowest BCUT2D eigenvalue weighted by molar-refractivity contribution is 0.638. The molecule has 0 spiro atoms. The SMILES string of the molecule is CC1(C)c2cc(-c3ccccc3)ccc2Nc2ccc(-c3ccccc3)cc21. The topological polar surface area (TPSA) is 12.0 Å². The summed E-state index contributed by atoms with van der Waals surface area (Å²) >= 11 is 0. The van der Waals surface area contributed by atoms with Gasteiger partial charge in [0.25, 0.3) is 0 Å². The number of fused-ring (bicyclic) bond motifs is 2. The highest BCUT2D eigenvalue weighted by molar-refractivity contribution is 5.81. The molecular formula is C27H23N. The fourth-order valence-corrected chi connectivity index (χ4v) is 4.25. The van der Waals surface area contributed by atoms with E-state index in [0.29, 0.717) is 0 Å². The maximum atomic E-state index is 3.65. The summed E-state index contributed by atoms with van der Waals surface area (Å²) in [6.07, 6.45) is 0. The molecule has 1 N–H and O–H groups in total. The minimum atomic E-state index is -0.0779. The van der Waals surface area contributed by atoms with Crippen molar-refractivity contribution in [3.8, 4) is 22.3 Å². The molecule has 4 aromatic rings. The van der Waals surface area contributed by atoms with Gasteiger partial charge in [0, 0.05) is 16.8 Å². The van der Waals surface area contributed by atoms with Crippen LogP contribution in [0.3, 0.4) is 0 Å². The summed E-state index contributed by atoms with van der Waals surface area (Å²) in [5.74, 6) is 0. The van der Waals surface area contributed by atoms with E-state index in [-0.39, 0.29) is 5.41 Å². The monoisotopic (exact) mass is 361 g/mol. The number of hydrogen-bond donors (Lipinski definition) is 1. The molecule has 0 atom stereocenters. The molecule has 1 nitrogen and oxygen atoms in total. The van der Waals surface area contributed by atoms with Gasteiger partial charge in [-0.1, -0.05) is 86.6 Å². The van der Waals surface area contributed by atoms with Gasteiger partial charge >= 0.3 is 0 Å². The van der Waals surface area contributed by atoms with E-state index >= 15 is 0 Å². The van der Waals surface area contributed by atoms with Crippen molar-refractivity contribution in [1.29, 1.82) is 0 Å². The Hall–Kier alpha value is -3.32. The molecule has 1 heteroatoms. The van der Waals surface area contributed by atoms with Gasteiger partial charge in [-0.2, -0.15) is 0 Å². The second kappa shape index (κ2) is 6.38. The van der Waals surface area contributed by atoms with Gasteiger partial charge in [0.15, 0.2) is 0 Å². The van der Waals surface area contributed by atoms with Crippen LogP contribution in [0.4, 0.5) is 11.4 Å². The number of benzene rings is 4. The van der Waals surface area contributed by atoms with Crippen LogP contribution in [0.25, 0.3) is 22.3 Å². The van der Waals surface area contributed by atoms with Gasteiger partial charge in [0.1, 0.15) is 0 Å².